The van der Waals surface area contributed by atoms with Crippen molar-refractivity contribution >= 4 is 70.2 Å². The standard InChI is InChI=1S/C60H93N7O15S/c1-15-39(4)44(35-51(71)60(10,11)65(12)13)57(76)66(14)47(38(2)3)36-50(81-41(6)68)56-64-46(37-83-56)55(75)62-43(33-42-20-21-49(70)45(34-42)63-52(72)19-16-25-67-53(73)22-23-54(67)74)32-40(5)48(69)18-17-26-78-28-30-80-31-29-79-27-24-61-58(77)82-59(7,8)9/h20-23,34,37-40,43-44,47,50,70H,15-19,24-33,35-36H2,1-14H3,(H,61,77)(H,62,75)(H,63,72)/t39-,40?,43+,44-,47+,50+/m0/s1. The summed E-state index contributed by atoms with van der Waals surface area (Å²) >= 11 is 1.12. The molecule has 1 aliphatic rings. The number of hydrogen-bond acceptors (Lipinski definition) is 18. The zero-order valence-electron chi connectivity index (χ0n) is 51.4. The van der Waals surface area contributed by atoms with Crippen molar-refractivity contribution in [2.75, 3.05) is 79.2 Å². The number of carbonyl (C=O) groups excluding carboxylic acids is 9. The van der Waals surface area contributed by atoms with Gasteiger partial charge in [0.2, 0.25) is 11.8 Å². The van der Waals surface area contributed by atoms with E-state index in [0.717, 1.165) is 16.2 Å². The number of aromatic nitrogens is 1. The van der Waals surface area contributed by atoms with Gasteiger partial charge in [-0.25, -0.2) is 9.78 Å². The largest absolute Gasteiger partial charge is 0.506 e. The molecule has 0 saturated carbocycles. The van der Waals surface area contributed by atoms with Gasteiger partial charge in [0.1, 0.15) is 27.8 Å². The van der Waals surface area contributed by atoms with Gasteiger partial charge in [0, 0.05) is 101 Å². The van der Waals surface area contributed by atoms with Gasteiger partial charge in [-0.1, -0.05) is 47.1 Å². The maximum Gasteiger partial charge on any atom is 0.407 e. The summed E-state index contributed by atoms with van der Waals surface area (Å²) in [6.45, 7) is 22.2. The molecule has 6 amide bonds. The highest BCUT2D eigenvalue weighted by Crippen LogP contribution is 2.34. The number of thiazole rings is 1. The Hall–Kier alpha value is -6.14. The molecule has 2 heterocycles. The summed E-state index contributed by atoms with van der Waals surface area (Å²) in [6, 6.07) is 3.48. The van der Waals surface area contributed by atoms with Crippen molar-refractivity contribution in [2.24, 2.45) is 23.7 Å². The molecule has 0 saturated heterocycles. The number of phenols is 1. The number of benzene rings is 1. The van der Waals surface area contributed by atoms with Crippen molar-refractivity contribution < 1.29 is 71.9 Å². The Morgan fingerprint density at radius 3 is 2.05 bits per heavy atom. The van der Waals surface area contributed by atoms with Crippen molar-refractivity contribution in [2.45, 2.75) is 163 Å². The lowest BCUT2D eigenvalue weighted by Crippen LogP contribution is -2.50. The molecule has 22 nitrogen and oxygen atoms in total. The van der Waals surface area contributed by atoms with Crippen molar-refractivity contribution in [1.29, 1.82) is 0 Å². The lowest BCUT2D eigenvalue weighted by Gasteiger charge is -2.38. The maximum atomic E-state index is 14.5. The monoisotopic (exact) mass is 1180 g/mol. The van der Waals surface area contributed by atoms with E-state index in [0.29, 0.717) is 69.6 Å². The van der Waals surface area contributed by atoms with Crippen LogP contribution in [0.15, 0.2) is 35.7 Å². The average Bonchev–Trinajstić information content (AvgIpc) is 4.27. The minimum absolute atomic E-state index is 0.0310. The number of nitrogens with one attached hydrogen (secondary N) is 3. The lowest BCUT2D eigenvalue weighted by atomic mass is 9.81. The van der Waals surface area contributed by atoms with E-state index < -0.39 is 76.9 Å². The third-order valence-corrected chi connectivity index (χ3v) is 15.6. The molecular formula is C60H93N7O15S. The summed E-state index contributed by atoms with van der Waals surface area (Å²) < 4.78 is 27.8. The molecule has 6 atom stereocenters. The zero-order chi connectivity index (χ0) is 62.2. The first kappa shape index (κ1) is 71.1. The van der Waals surface area contributed by atoms with Gasteiger partial charge in [0.25, 0.3) is 17.7 Å². The normalized spacial score (nSPS) is 14.9. The number of carbonyl (C=O) groups is 9. The van der Waals surface area contributed by atoms with Crippen LogP contribution in [0.2, 0.25) is 0 Å². The van der Waals surface area contributed by atoms with E-state index in [-0.39, 0.29) is 97.9 Å². The fourth-order valence-electron chi connectivity index (χ4n) is 9.02. The Balaban J connectivity index is 1.75. The molecule has 3 rings (SSSR count). The zero-order valence-corrected chi connectivity index (χ0v) is 52.2. The summed E-state index contributed by atoms with van der Waals surface area (Å²) in [7, 11) is 5.37. The van der Waals surface area contributed by atoms with E-state index in [1.165, 1.54) is 25.1 Å². The van der Waals surface area contributed by atoms with Crippen molar-refractivity contribution in [3.63, 3.8) is 0 Å². The Morgan fingerprint density at radius 1 is 0.831 bits per heavy atom. The van der Waals surface area contributed by atoms with Crippen LogP contribution in [0.1, 0.15) is 155 Å². The highest BCUT2D eigenvalue weighted by atomic mass is 32.1. The molecule has 83 heavy (non-hydrogen) atoms. The fraction of sp³-hybridized carbons (Fsp3) is 0.667. The van der Waals surface area contributed by atoms with Gasteiger partial charge in [0.05, 0.1) is 44.3 Å². The molecule has 4 N–H and O–H groups in total. The molecule has 2 aromatic rings. The SMILES string of the molecule is CC[C@H](C)[C@H](CC(=O)C(C)(C)N(C)C)C(=O)N(C)[C@H](C[C@@H](OC(C)=O)c1nc(C(=O)N[C@@H](Cc2ccc(O)c(NC(=O)CCCN3C(=O)C=CC3=O)c2)CC(C)C(=O)CCCOCCOCCOCCNC(=O)OC(C)(C)C)cs1)C(C)C. The molecule has 0 bridgehead atoms. The van der Waals surface area contributed by atoms with Crippen molar-refractivity contribution in [3.8, 4) is 5.75 Å². The second-order valence-corrected chi connectivity index (χ2v) is 24.1. The highest BCUT2D eigenvalue weighted by Gasteiger charge is 2.39. The van der Waals surface area contributed by atoms with Crippen LogP contribution in [-0.2, 0) is 63.7 Å². The molecule has 1 aromatic carbocycles. The number of ketones is 2. The molecule has 0 aliphatic carbocycles. The number of likely N-dealkylation sites (N-methyl/N-ethyl adjacent to an activating group) is 1. The third kappa shape index (κ3) is 24.5. The number of anilines is 1. The van der Waals surface area contributed by atoms with Crippen LogP contribution in [-0.4, -0.2) is 175 Å². The molecule has 464 valence electrons. The van der Waals surface area contributed by atoms with E-state index in [9.17, 15) is 48.3 Å². The van der Waals surface area contributed by atoms with E-state index in [1.54, 1.807) is 57.2 Å². The summed E-state index contributed by atoms with van der Waals surface area (Å²) in [5.74, 6) is -4.38. The molecule has 1 aliphatic heterocycles. The first-order valence-electron chi connectivity index (χ1n) is 28.7. The molecule has 23 heteroatoms. The topological polar surface area (TPSA) is 279 Å². The number of alkyl carbamates (subject to hydrolysis) is 1. The maximum absolute atomic E-state index is 14.5. The predicted octanol–water partition coefficient (Wildman–Crippen LogP) is 7.22. The Morgan fingerprint density at radius 2 is 1.46 bits per heavy atom. The average molecular weight is 1180 g/mol. The number of hydrogen-bond donors (Lipinski definition) is 4. The number of nitrogens with zero attached hydrogens (tertiary/aromatic N) is 4. The Kier molecular flexibility index (Phi) is 29.6. The minimum atomic E-state index is -0.942. The lowest BCUT2D eigenvalue weighted by molar-refractivity contribution is -0.150. The van der Waals surface area contributed by atoms with E-state index in [1.807, 2.05) is 60.5 Å². The molecule has 1 unspecified atom stereocenters. The number of imide groups is 1. The molecular weight excluding hydrogens is 1090 g/mol. The number of aromatic hydroxyl groups is 1. The van der Waals surface area contributed by atoms with Crippen LogP contribution in [0, 0.1) is 23.7 Å². The van der Waals surface area contributed by atoms with Gasteiger partial charge in [-0.3, -0.25) is 48.2 Å². The van der Waals surface area contributed by atoms with Crippen LogP contribution >= 0.6 is 11.3 Å². The number of amides is 6. The number of phenolic OH excluding ortho intramolecular Hbond substituents is 1. The molecule has 0 radical (unpaired) electrons. The number of ether oxygens (including phenoxy) is 5. The number of Topliss-reactive ketones (excluding diaryl/α,β-unsaturated/α-hetero) is 2. The first-order valence-corrected chi connectivity index (χ1v) is 29.6. The van der Waals surface area contributed by atoms with Crippen LogP contribution < -0.4 is 16.0 Å². The van der Waals surface area contributed by atoms with Gasteiger partial charge in [-0.2, -0.15) is 0 Å². The van der Waals surface area contributed by atoms with E-state index in [2.05, 4.69) is 20.9 Å². The van der Waals surface area contributed by atoms with Gasteiger partial charge in [0.15, 0.2) is 11.9 Å². The van der Waals surface area contributed by atoms with E-state index in [4.69, 9.17) is 23.7 Å². The number of esters is 1. The summed E-state index contributed by atoms with van der Waals surface area (Å²) in [5.41, 5.74) is -0.638. The van der Waals surface area contributed by atoms with Gasteiger partial charge in [-0.05, 0) is 104 Å². The fourth-order valence-corrected chi connectivity index (χ4v) is 9.86. The van der Waals surface area contributed by atoms with Crippen molar-refractivity contribution in [1.82, 2.24) is 30.3 Å². The Bertz CT molecular complexity index is 2510. The summed E-state index contributed by atoms with van der Waals surface area (Å²) in [5, 5.41) is 21.0. The highest BCUT2D eigenvalue weighted by molar-refractivity contribution is 7.09. The third-order valence-electron chi connectivity index (χ3n) is 14.7. The van der Waals surface area contributed by atoms with Gasteiger partial charge in [-0.15, -0.1) is 11.3 Å². The predicted molar refractivity (Wildman–Crippen MR) is 314 cm³/mol. The minimum Gasteiger partial charge on any atom is -0.506 e. The van der Waals surface area contributed by atoms with Crippen LogP contribution in [0.5, 0.6) is 5.75 Å². The number of rotatable bonds is 38. The van der Waals surface area contributed by atoms with Gasteiger partial charge < -0.3 is 49.6 Å². The second kappa shape index (κ2) is 34.6. The smallest absolute Gasteiger partial charge is 0.407 e. The molecule has 0 fully saturated rings. The van der Waals surface area contributed by atoms with Crippen molar-refractivity contribution in [3.05, 3.63) is 52.0 Å². The second-order valence-electron chi connectivity index (χ2n) is 23.2. The molecule has 0 spiro atoms. The Labute approximate surface area is 494 Å². The quantitative estimate of drug-likeness (QED) is 0.0223. The van der Waals surface area contributed by atoms with E-state index >= 15 is 0 Å². The van der Waals surface area contributed by atoms with Crippen LogP contribution in [0.3, 0.4) is 0 Å². The van der Waals surface area contributed by atoms with Crippen LogP contribution in [0.25, 0.3) is 0 Å². The summed E-state index contributed by atoms with van der Waals surface area (Å²) in [6.07, 6.45) is 2.92. The molecule has 1 aromatic heterocycles. The first-order chi connectivity index (χ1) is 38.9. The summed E-state index contributed by atoms with van der Waals surface area (Å²) in [4.78, 5) is 127. The van der Waals surface area contributed by atoms with Crippen LogP contribution in [0.4, 0.5) is 10.5 Å². The van der Waals surface area contributed by atoms with Gasteiger partial charge >= 0.3 is 12.1 Å².